The second kappa shape index (κ2) is 4.86. The van der Waals surface area contributed by atoms with Crippen LogP contribution in [-0.2, 0) is 4.79 Å². The summed E-state index contributed by atoms with van der Waals surface area (Å²) in [5.74, 6) is 0.661. The molecule has 1 aliphatic rings. The highest BCUT2D eigenvalue weighted by atomic mass is 16.5. The summed E-state index contributed by atoms with van der Waals surface area (Å²) >= 11 is 0. The highest BCUT2D eigenvalue weighted by Crippen LogP contribution is 2.30. The molecule has 90 valence electrons. The van der Waals surface area contributed by atoms with Gasteiger partial charge in [-0.3, -0.25) is 4.90 Å². The molecule has 0 aliphatic carbocycles. The molecular formula is C12H14N2O3. The van der Waals surface area contributed by atoms with E-state index in [4.69, 9.17) is 4.74 Å². The van der Waals surface area contributed by atoms with Crippen LogP contribution in [0.25, 0.3) is 0 Å². The number of ether oxygens (including phenoxy) is 1. The summed E-state index contributed by atoms with van der Waals surface area (Å²) < 4.78 is 5.22. The van der Waals surface area contributed by atoms with E-state index in [1.165, 1.54) is 4.90 Å². The summed E-state index contributed by atoms with van der Waals surface area (Å²) in [5, 5.41) is 0. The van der Waals surface area contributed by atoms with Crippen LogP contribution in [0.5, 0.6) is 5.75 Å². The zero-order chi connectivity index (χ0) is 12.3. The number of carbonyl (C=O) groups is 2. The first kappa shape index (κ1) is 11.4. The van der Waals surface area contributed by atoms with Gasteiger partial charge >= 0.3 is 6.03 Å². The molecule has 5 nitrogen and oxygen atoms in total. The van der Waals surface area contributed by atoms with Gasteiger partial charge < -0.3 is 14.4 Å². The van der Waals surface area contributed by atoms with Gasteiger partial charge in [0.25, 0.3) is 0 Å². The van der Waals surface area contributed by atoms with E-state index in [0.29, 0.717) is 18.8 Å². The molecule has 2 amide bonds. The molecule has 0 bridgehead atoms. The Morgan fingerprint density at radius 2 is 2.12 bits per heavy atom. The van der Waals surface area contributed by atoms with Crippen molar-refractivity contribution in [1.82, 2.24) is 4.90 Å². The van der Waals surface area contributed by atoms with Crippen LogP contribution in [0.15, 0.2) is 24.3 Å². The summed E-state index contributed by atoms with van der Waals surface area (Å²) in [6.45, 7) is 1.28. The largest absolute Gasteiger partial charge is 0.495 e. The number of hydrogen-bond acceptors (Lipinski definition) is 3. The second-order valence-electron chi connectivity index (χ2n) is 3.72. The number of anilines is 1. The van der Waals surface area contributed by atoms with Gasteiger partial charge in [-0.25, -0.2) is 4.79 Å². The molecule has 0 saturated carbocycles. The van der Waals surface area contributed by atoms with Crippen molar-refractivity contribution in [3.63, 3.8) is 0 Å². The number of para-hydroxylation sites is 2. The first-order valence-electron chi connectivity index (χ1n) is 5.41. The van der Waals surface area contributed by atoms with Crippen molar-refractivity contribution < 1.29 is 14.3 Å². The minimum absolute atomic E-state index is 0.143. The van der Waals surface area contributed by atoms with E-state index in [9.17, 15) is 9.59 Å². The Morgan fingerprint density at radius 1 is 1.35 bits per heavy atom. The monoisotopic (exact) mass is 234 g/mol. The van der Waals surface area contributed by atoms with E-state index in [1.807, 2.05) is 24.3 Å². The van der Waals surface area contributed by atoms with Crippen LogP contribution in [0.3, 0.4) is 0 Å². The van der Waals surface area contributed by atoms with Gasteiger partial charge in [0, 0.05) is 13.1 Å². The Hall–Kier alpha value is -2.04. The van der Waals surface area contributed by atoms with Crippen molar-refractivity contribution in [2.24, 2.45) is 0 Å². The maximum atomic E-state index is 12.0. The fourth-order valence-electron chi connectivity index (χ4n) is 1.92. The topological polar surface area (TPSA) is 49.9 Å². The zero-order valence-corrected chi connectivity index (χ0v) is 9.63. The number of rotatable bonds is 4. The van der Waals surface area contributed by atoms with Crippen molar-refractivity contribution in [1.29, 1.82) is 0 Å². The Bertz CT molecular complexity index is 434. The minimum atomic E-state index is -0.151. The van der Waals surface area contributed by atoms with Crippen LogP contribution in [-0.4, -0.2) is 44.0 Å². The van der Waals surface area contributed by atoms with Crippen molar-refractivity contribution in [2.75, 3.05) is 31.6 Å². The smallest absolute Gasteiger partial charge is 0.325 e. The standard InChI is InChI=1S/C12H14N2O3/c1-17-11-5-3-2-4-10(11)14-7-6-13(8-9-15)12(14)16/h2-5,9H,6-8H2,1H3. The first-order valence-corrected chi connectivity index (χ1v) is 5.41. The lowest BCUT2D eigenvalue weighted by molar-refractivity contribution is -0.108. The zero-order valence-electron chi connectivity index (χ0n) is 9.63. The summed E-state index contributed by atoms with van der Waals surface area (Å²) in [6.07, 6.45) is 0.740. The predicted molar refractivity (Wildman–Crippen MR) is 63.4 cm³/mol. The van der Waals surface area contributed by atoms with E-state index < -0.39 is 0 Å². The molecule has 17 heavy (non-hydrogen) atoms. The number of hydrogen-bond donors (Lipinski definition) is 0. The Labute approximate surface area is 99.6 Å². The molecule has 0 spiro atoms. The average molecular weight is 234 g/mol. The highest BCUT2D eigenvalue weighted by molar-refractivity contribution is 5.96. The first-order chi connectivity index (χ1) is 8.27. The van der Waals surface area contributed by atoms with Crippen molar-refractivity contribution in [3.8, 4) is 5.75 Å². The minimum Gasteiger partial charge on any atom is -0.495 e. The van der Waals surface area contributed by atoms with Gasteiger partial charge in [0.15, 0.2) is 0 Å². The van der Waals surface area contributed by atoms with Crippen molar-refractivity contribution in [3.05, 3.63) is 24.3 Å². The molecule has 1 saturated heterocycles. The van der Waals surface area contributed by atoms with E-state index in [-0.39, 0.29) is 12.6 Å². The number of aldehydes is 1. The molecule has 1 aliphatic heterocycles. The SMILES string of the molecule is COc1ccccc1N1CCN(CC=O)C1=O. The molecule has 1 aromatic rings. The van der Waals surface area contributed by atoms with Crippen molar-refractivity contribution in [2.45, 2.75) is 0 Å². The summed E-state index contributed by atoms with van der Waals surface area (Å²) in [5.41, 5.74) is 0.744. The maximum absolute atomic E-state index is 12.0. The molecule has 0 unspecified atom stereocenters. The number of carbonyl (C=O) groups excluding carboxylic acids is 2. The molecule has 0 aromatic heterocycles. The Kier molecular flexibility index (Phi) is 3.27. The van der Waals surface area contributed by atoms with Gasteiger partial charge in [-0.05, 0) is 12.1 Å². The predicted octanol–water partition coefficient (Wildman–Crippen LogP) is 1.14. The molecule has 2 rings (SSSR count). The van der Waals surface area contributed by atoms with Gasteiger partial charge in [-0.2, -0.15) is 0 Å². The summed E-state index contributed by atoms with van der Waals surface area (Å²) in [6, 6.07) is 7.20. The van der Waals surface area contributed by atoms with Crippen LogP contribution in [0.4, 0.5) is 10.5 Å². The van der Waals surface area contributed by atoms with Crippen LogP contribution in [0, 0.1) is 0 Å². The molecule has 1 aromatic carbocycles. The summed E-state index contributed by atoms with van der Waals surface area (Å²) in [4.78, 5) is 25.6. The van der Waals surface area contributed by atoms with Crippen LogP contribution < -0.4 is 9.64 Å². The molecule has 0 N–H and O–H groups in total. The highest BCUT2D eigenvalue weighted by Gasteiger charge is 2.30. The van der Waals surface area contributed by atoms with Gasteiger partial charge in [-0.1, -0.05) is 12.1 Å². The van der Waals surface area contributed by atoms with E-state index in [1.54, 1.807) is 12.0 Å². The van der Waals surface area contributed by atoms with Gasteiger partial charge in [0.05, 0.1) is 19.3 Å². The van der Waals surface area contributed by atoms with Gasteiger partial charge in [0.1, 0.15) is 12.0 Å². The number of benzene rings is 1. The van der Waals surface area contributed by atoms with Crippen LogP contribution in [0.2, 0.25) is 0 Å². The number of amides is 2. The number of nitrogens with zero attached hydrogens (tertiary/aromatic N) is 2. The van der Waals surface area contributed by atoms with Crippen LogP contribution in [0.1, 0.15) is 0 Å². The van der Waals surface area contributed by atoms with E-state index in [2.05, 4.69) is 0 Å². The van der Waals surface area contributed by atoms with Gasteiger partial charge in [0.2, 0.25) is 0 Å². The quantitative estimate of drug-likeness (QED) is 0.734. The summed E-state index contributed by atoms with van der Waals surface area (Å²) in [7, 11) is 1.57. The second-order valence-corrected chi connectivity index (χ2v) is 3.72. The van der Waals surface area contributed by atoms with E-state index in [0.717, 1.165) is 12.0 Å². The molecule has 0 radical (unpaired) electrons. The third kappa shape index (κ3) is 2.08. The fraction of sp³-hybridized carbons (Fsp3) is 0.333. The lowest BCUT2D eigenvalue weighted by Gasteiger charge is -2.19. The maximum Gasteiger partial charge on any atom is 0.325 e. The third-order valence-electron chi connectivity index (χ3n) is 2.77. The van der Waals surface area contributed by atoms with Crippen LogP contribution >= 0.6 is 0 Å². The lowest BCUT2D eigenvalue weighted by Crippen LogP contribution is -2.33. The fourth-order valence-corrected chi connectivity index (χ4v) is 1.92. The van der Waals surface area contributed by atoms with Gasteiger partial charge in [-0.15, -0.1) is 0 Å². The molecule has 0 atom stereocenters. The molecule has 1 fully saturated rings. The third-order valence-corrected chi connectivity index (χ3v) is 2.77. The number of methoxy groups -OCH3 is 1. The normalized spacial score (nSPS) is 15.2. The number of urea groups is 1. The Balaban J connectivity index is 2.24. The molecule has 1 heterocycles. The van der Waals surface area contributed by atoms with E-state index >= 15 is 0 Å². The Morgan fingerprint density at radius 3 is 2.82 bits per heavy atom. The average Bonchev–Trinajstić information content (AvgIpc) is 2.72. The lowest BCUT2D eigenvalue weighted by atomic mass is 10.2. The van der Waals surface area contributed by atoms with Crippen molar-refractivity contribution >= 4 is 18.0 Å². The molecule has 5 heteroatoms. The molecular weight excluding hydrogens is 220 g/mol.